The van der Waals surface area contributed by atoms with Crippen LogP contribution in [0.25, 0.3) is 0 Å². The van der Waals surface area contributed by atoms with Gasteiger partial charge in [0.25, 0.3) is 0 Å². The maximum Gasteiger partial charge on any atom is 0.339 e. The molecule has 8 nitrogen and oxygen atoms in total. The second kappa shape index (κ2) is 6.57. The van der Waals surface area contributed by atoms with Crippen molar-refractivity contribution in [3.63, 3.8) is 0 Å². The van der Waals surface area contributed by atoms with Crippen molar-refractivity contribution in [3.05, 3.63) is 29.8 Å². The number of carboxylic acids is 1. The number of hydrogen-bond acceptors (Lipinski definition) is 6. The van der Waals surface area contributed by atoms with Gasteiger partial charge in [-0.1, -0.05) is 13.0 Å². The fourth-order valence-corrected chi connectivity index (χ4v) is 7.09. The van der Waals surface area contributed by atoms with Crippen molar-refractivity contribution >= 4 is 23.3 Å². The van der Waals surface area contributed by atoms with Gasteiger partial charge in [-0.15, -0.1) is 0 Å². The van der Waals surface area contributed by atoms with Crippen LogP contribution in [-0.4, -0.2) is 44.7 Å². The summed E-state index contributed by atoms with van der Waals surface area (Å²) in [5.41, 5.74) is -1.75. The standard InChI is InChI=1S/C24H27NO7/c1-22(7-6-17(28)25-18-14(26)4-3-13(19(18)29)21(30)31)16(27)5-8-24-10-12-9-15(20(22)24)32-23(12,2)11-24/h3-5,8,12,15,20,26,29H,6-7,9-11H2,1-2H3,(H,25,28)(H,30,31). The minimum absolute atomic E-state index is 0.00395. The Morgan fingerprint density at radius 1 is 1.25 bits per heavy atom. The number of phenols is 2. The van der Waals surface area contributed by atoms with Gasteiger partial charge in [0.05, 0.1) is 11.7 Å². The number of hydrogen-bond donors (Lipinski definition) is 4. The number of phenolic OH excluding ortho intramolecular Hbond substituents is 1. The highest BCUT2D eigenvalue weighted by molar-refractivity contribution is 6.00. The molecular formula is C24H27NO7. The predicted octanol–water partition coefficient (Wildman–Crippen LogP) is 3.23. The van der Waals surface area contributed by atoms with E-state index in [0.717, 1.165) is 31.4 Å². The van der Waals surface area contributed by atoms with E-state index in [0.29, 0.717) is 5.92 Å². The van der Waals surface area contributed by atoms with Crippen molar-refractivity contribution in [3.8, 4) is 11.5 Å². The summed E-state index contributed by atoms with van der Waals surface area (Å²) in [6.45, 7) is 4.08. The summed E-state index contributed by atoms with van der Waals surface area (Å²) in [6, 6.07) is 2.16. The van der Waals surface area contributed by atoms with Gasteiger partial charge >= 0.3 is 5.97 Å². The van der Waals surface area contributed by atoms with Crippen molar-refractivity contribution in [2.24, 2.45) is 22.7 Å². The molecule has 6 unspecified atom stereocenters. The van der Waals surface area contributed by atoms with E-state index in [1.807, 2.05) is 6.92 Å². The quantitative estimate of drug-likeness (QED) is 0.516. The molecule has 6 atom stereocenters. The number of allylic oxidation sites excluding steroid dienone is 2. The lowest BCUT2D eigenvalue weighted by molar-refractivity contribution is -0.169. The van der Waals surface area contributed by atoms with Gasteiger partial charge in [-0.2, -0.15) is 0 Å². The average molecular weight is 441 g/mol. The van der Waals surface area contributed by atoms with E-state index in [4.69, 9.17) is 9.84 Å². The second-order valence-corrected chi connectivity index (χ2v) is 10.3. The molecular weight excluding hydrogens is 414 g/mol. The highest BCUT2D eigenvalue weighted by Crippen LogP contribution is 2.71. The number of carboxylic acid groups (broad SMARTS) is 1. The first-order chi connectivity index (χ1) is 15.0. The number of benzene rings is 1. The molecule has 2 aliphatic heterocycles. The topological polar surface area (TPSA) is 133 Å². The molecule has 0 aromatic heterocycles. The predicted molar refractivity (Wildman–Crippen MR) is 113 cm³/mol. The van der Waals surface area contributed by atoms with Crippen LogP contribution in [0.2, 0.25) is 0 Å². The summed E-state index contributed by atoms with van der Waals surface area (Å²) >= 11 is 0. The molecule has 32 heavy (non-hydrogen) atoms. The summed E-state index contributed by atoms with van der Waals surface area (Å²) in [5, 5.41) is 31.7. The van der Waals surface area contributed by atoms with Gasteiger partial charge in [0.2, 0.25) is 5.91 Å². The van der Waals surface area contributed by atoms with Gasteiger partial charge in [-0.05, 0) is 62.1 Å². The van der Waals surface area contributed by atoms with Crippen LogP contribution in [-0.2, 0) is 14.3 Å². The lowest BCUT2D eigenvalue weighted by Crippen LogP contribution is -2.56. The van der Waals surface area contributed by atoms with Crippen molar-refractivity contribution in [2.45, 2.75) is 57.7 Å². The maximum atomic E-state index is 13.1. The largest absolute Gasteiger partial charge is 0.506 e. The van der Waals surface area contributed by atoms with E-state index in [2.05, 4.69) is 18.3 Å². The maximum absolute atomic E-state index is 13.1. The molecule has 6 rings (SSSR count). The number of anilines is 1. The van der Waals surface area contributed by atoms with Crippen LogP contribution in [0.3, 0.4) is 0 Å². The second-order valence-electron chi connectivity index (χ2n) is 10.3. The van der Waals surface area contributed by atoms with Crippen molar-refractivity contribution in [2.75, 3.05) is 5.32 Å². The Morgan fingerprint density at radius 2 is 2.00 bits per heavy atom. The van der Waals surface area contributed by atoms with Crippen LogP contribution in [0.15, 0.2) is 24.3 Å². The van der Waals surface area contributed by atoms with E-state index >= 15 is 0 Å². The third-order valence-corrected chi connectivity index (χ3v) is 8.44. The highest BCUT2D eigenvalue weighted by Gasteiger charge is 2.71. The van der Waals surface area contributed by atoms with Crippen LogP contribution in [0.1, 0.15) is 56.3 Å². The molecule has 170 valence electrons. The molecule has 1 aromatic rings. The Hall–Kier alpha value is -2.87. The molecule has 1 spiro atoms. The Labute approximate surface area is 185 Å². The zero-order valence-electron chi connectivity index (χ0n) is 18.1. The minimum Gasteiger partial charge on any atom is -0.506 e. The number of aromatic carboxylic acids is 1. The average Bonchev–Trinajstić information content (AvgIpc) is 3.08. The molecule has 2 saturated carbocycles. The van der Waals surface area contributed by atoms with Gasteiger partial charge in [-0.3, -0.25) is 9.59 Å². The number of ether oxygens (including phenoxy) is 1. The fraction of sp³-hybridized carbons (Fsp3) is 0.542. The number of amides is 1. The fourth-order valence-electron chi connectivity index (χ4n) is 7.09. The Balaban J connectivity index is 1.36. The van der Waals surface area contributed by atoms with Crippen molar-refractivity contribution in [1.29, 1.82) is 0 Å². The Kier molecular flexibility index (Phi) is 4.31. The first-order valence-electron chi connectivity index (χ1n) is 11.0. The number of ketones is 1. The van der Waals surface area contributed by atoms with Crippen LogP contribution < -0.4 is 5.32 Å². The van der Waals surface area contributed by atoms with Crippen LogP contribution in [0.4, 0.5) is 5.69 Å². The van der Waals surface area contributed by atoms with E-state index in [1.54, 1.807) is 6.08 Å². The van der Waals surface area contributed by atoms with Gasteiger partial charge in [0, 0.05) is 17.8 Å². The highest BCUT2D eigenvalue weighted by atomic mass is 16.5. The molecule has 3 aliphatic carbocycles. The van der Waals surface area contributed by atoms with Crippen molar-refractivity contribution in [1.82, 2.24) is 0 Å². The number of carbonyl (C=O) groups excluding carboxylic acids is 2. The van der Waals surface area contributed by atoms with Crippen molar-refractivity contribution < 1.29 is 34.4 Å². The lowest BCUT2D eigenvalue weighted by atomic mass is 9.51. The summed E-state index contributed by atoms with van der Waals surface area (Å²) in [7, 11) is 0. The monoisotopic (exact) mass is 441 g/mol. The van der Waals surface area contributed by atoms with Gasteiger partial charge < -0.3 is 25.4 Å². The van der Waals surface area contributed by atoms with Gasteiger partial charge in [0.15, 0.2) is 11.5 Å². The first-order valence-corrected chi connectivity index (χ1v) is 11.0. The molecule has 4 N–H and O–H groups in total. The van der Waals surface area contributed by atoms with Crippen LogP contribution >= 0.6 is 0 Å². The first kappa shape index (κ1) is 21.0. The lowest BCUT2D eigenvalue weighted by Gasteiger charge is -2.55. The SMILES string of the molecule is CC12CC34C=CC(=O)C(C)(CCC(=O)Nc5c(O)ccc(C(=O)O)c5O)C3C(CC1C4)O2. The summed E-state index contributed by atoms with van der Waals surface area (Å²) in [5.74, 6) is -2.55. The molecule has 2 heterocycles. The third kappa shape index (κ3) is 2.75. The van der Waals surface area contributed by atoms with Gasteiger partial charge in [0.1, 0.15) is 17.0 Å². The Morgan fingerprint density at radius 3 is 2.69 bits per heavy atom. The normalized spacial score (nSPS) is 38.7. The number of aromatic hydroxyl groups is 2. The van der Waals surface area contributed by atoms with Crippen LogP contribution in [0, 0.1) is 22.7 Å². The molecule has 2 saturated heterocycles. The molecule has 4 fully saturated rings. The molecule has 8 heteroatoms. The van der Waals surface area contributed by atoms with Crippen LogP contribution in [0.5, 0.6) is 11.5 Å². The number of nitrogens with one attached hydrogen (secondary N) is 1. The third-order valence-electron chi connectivity index (χ3n) is 8.44. The zero-order valence-corrected chi connectivity index (χ0v) is 18.1. The molecule has 1 aromatic carbocycles. The molecule has 1 amide bonds. The smallest absolute Gasteiger partial charge is 0.339 e. The van der Waals surface area contributed by atoms with Gasteiger partial charge in [-0.25, -0.2) is 4.79 Å². The molecule has 0 radical (unpaired) electrons. The summed E-state index contributed by atoms with van der Waals surface area (Å²) in [6.07, 6.45) is 6.86. The number of carbonyl (C=O) groups is 3. The summed E-state index contributed by atoms with van der Waals surface area (Å²) in [4.78, 5) is 37.0. The van der Waals surface area contributed by atoms with E-state index in [9.17, 15) is 24.6 Å². The Bertz CT molecular complexity index is 1080. The zero-order chi connectivity index (χ0) is 23.1. The summed E-state index contributed by atoms with van der Waals surface area (Å²) < 4.78 is 6.41. The minimum atomic E-state index is -1.38. The molecule has 4 bridgehead atoms. The van der Waals surface area contributed by atoms with E-state index in [1.165, 1.54) is 0 Å². The van der Waals surface area contributed by atoms with E-state index in [-0.39, 0.29) is 47.4 Å². The van der Waals surface area contributed by atoms with E-state index < -0.39 is 34.4 Å². The number of rotatable bonds is 5. The molecule has 5 aliphatic rings.